The Hall–Kier alpha value is -2.11. The maximum absolute atomic E-state index is 6.14. The highest BCUT2D eigenvalue weighted by molar-refractivity contribution is 7.22. The SMILES string of the molecule is c1ccc2sc(N3CC(Oc4ccc(C5CCNCC5)cc4)C3)nc2c1. The highest BCUT2D eigenvalue weighted by Crippen LogP contribution is 2.32. The molecule has 0 atom stereocenters. The molecule has 1 N–H and O–H groups in total. The van der Waals surface area contributed by atoms with Gasteiger partial charge in [-0.1, -0.05) is 35.6 Å². The number of hydrogen-bond donors (Lipinski definition) is 1. The molecule has 2 aliphatic heterocycles. The maximum atomic E-state index is 6.14. The molecule has 1 aromatic heterocycles. The second-order valence-electron chi connectivity index (χ2n) is 7.20. The van der Waals surface area contributed by atoms with E-state index in [-0.39, 0.29) is 6.10 Å². The number of para-hydroxylation sites is 1. The number of fused-ring (bicyclic) bond motifs is 1. The van der Waals surface area contributed by atoms with Crippen molar-refractivity contribution >= 4 is 26.7 Å². The van der Waals surface area contributed by atoms with E-state index in [2.05, 4.69) is 52.7 Å². The van der Waals surface area contributed by atoms with Gasteiger partial charge in [-0.25, -0.2) is 4.98 Å². The molecule has 5 heteroatoms. The predicted octanol–water partition coefficient (Wildman–Crippen LogP) is 4.03. The van der Waals surface area contributed by atoms with E-state index in [4.69, 9.17) is 9.72 Å². The number of anilines is 1. The lowest BCUT2D eigenvalue weighted by Crippen LogP contribution is -2.54. The number of aromatic nitrogens is 1. The minimum atomic E-state index is 0.256. The average Bonchev–Trinajstić information content (AvgIpc) is 3.09. The highest BCUT2D eigenvalue weighted by atomic mass is 32.1. The number of nitrogens with zero attached hydrogens (tertiary/aromatic N) is 2. The molecule has 0 unspecified atom stereocenters. The third kappa shape index (κ3) is 3.17. The molecule has 0 bridgehead atoms. The molecule has 0 saturated carbocycles. The molecule has 3 aromatic rings. The van der Waals surface area contributed by atoms with Gasteiger partial charge in [-0.3, -0.25) is 0 Å². The molecule has 0 amide bonds. The van der Waals surface area contributed by atoms with Gasteiger partial charge in [-0.2, -0.15) is 0 Å². The number of rotatable bonds is 4. The number of nitrogens with one attached hydrogen (secondary N) is 1. The van der Waals surface area contributed by atoms with Crippen LogP contribution in [0.15, 0.2) is 48.5 Å². The van der Waals surface area contributed by atoms with Crippen LogP contribution >= 0.6 is 11.3 Å². The van der Waals surface area contributed by atoms with Crippen LogP contribution in [0.1, 0.15) is 24.3 Å². The summed E-state index contributed by atoms with van der Waals surface area (Å²) in [6, 6.07) is 17.1. The van der Waals surface area contributed by atoms with Crippen molar-refractivity contribution in [1.82, 2.24) is 10.3 Å². The van der Waals surface area contributed by atoms with Gasteiger partial charge in [-0.05, 0) is 61.7 Å². The minimum Gasteiger partial charge on any atom is -0.487 e. The molecule has 5 rings (SSSR count). The Morgan fingerprint density at radius 2 is 1.77 bits per heavy atom. The quantitative estimate of drug-likeness (QED) is 0.757. The first-order chi connectivity index (χ1) is 12.8. The van der Waals surface area contributed by atoms with Crippen molar-refractivity contribution in [3.8, 4) is 5.75 Å². The van der Waals surface area contributed by atoms with E-state index in [0.29, 0.717) is 5.92 Å². The Morgan fingerprint density at radius 1 is 1.00 bits per heavy atom. The number of benzene rings is 2. The molecule has 2 aromatic carbocycles. The lowest BCUT2D eigenvalue weighted by Gasteiger charge is -2.38. The molecule has 0 aliphatic carbocycles. The van der Waals surface area contributed by atoms with Crippen molar-refractivity contribution in [3.05, 3.63) is 54.1 Å². The normalized spacial score (nSPS) is 18.8. The zero-order chi connectivity index (χ0) is 17.3. The number of piperidine rings is 1. The summed E-state index contributed by atoms with van der Waals surface area (Å²) in [6.07, 6.45) is 2.73. The Bertz CT molecular complexity index is 847. The first-order valence-electron chi connectivity index (χ1n) is 9.43. The standard InChI is InChI=1S/C21H23N3OS/c1-2-4-20-19(3-1)23-21(26-20)24-13-18(14-24)25-17-7-5-15(6-8-17)16-9-11-22-12-10-16/h1-8,16,18,22H,9-14H2. The molecular weight excluding hydrogens is 342 g/mol. The first-order valence-corrected chi connectivity index (χ1v) is 10.2. The van der Waals surface area contributed by atoms with Crippen molar-refractivity contribution < 1.29 is 4.74 Å². The molecule has 0 spiro atoms. The summed E-state index contributed by atoms with van der Waals surface area (Å²) in [5.41, 5.74) is 2.54. The van der Waals surface area contributed by atoms with Gasteiger partial charge >= 0.3 is 0 Å². The van der Waals surface area contributed by atoms with Crippen LogP contribution in [0.3, 0.4) is 0 Å². The van der Waals surface area contributed by atoms with E-state index < -0.39 is 0 Å². The summed E-state index contributed by atoms with van der Waals surface area (Å²) in [7, 11) is 0. The van der Waals surface area contributed by atoms with Crippen molar-refractivity contribution in [3.63, 3.8) is 0 Å². The van der Waals surface area contributed by atoms with E-state index in [0.717, 1.165) is 42.6 Å². The van der Waals surface area contributed by atoms with Crippen LogP contribution in [0.2, 0.25) is 0 Å². The summed E-state index contributed by atoms with van der Waals surface area (Å²) in [5.74, 6) is 1.68. The fourth-order valence-corrected chi connectivity index (χ4v) is 4.81. The summed E-state index contributed by atoms with van der Waals surface area (Å²) >= 11 is 1.76. The molecule has 3 heterocycles. The van der Waals surface area contributed by atoms with Crippen LogP contribution in [-0.4, -0.2) is 37.3 Å². The molecule has 134 valence electrons. The topological polar surface area (TPSA) is 37.4 Å². The summed E-state index contributed by atoms with van der Waals surface area (Å²) in [6.45, 7) is 4.09. The molecule has 2 aliphatic rings. The molecule has 2 saturated heterocycles. The fourth-order valence-electron chi connectivity index (χ4n) is 3.83. The van der Waals surface area contributed by atoms with Gasteiger partial charge in [0, 0.05) is 0 Å². The van der Waals surface area contributed by atoms with E-state index in [9.17, 15) is 0 Å². The summed E-state index contributed by atoms with van der Waals surface area (Å²) in [5, 5.41) is 4.53. The van der Waals surface area contributed by atoms with Crippen molar-refractivity contribution in [2.75, 3.05) is 31.1 Å². The van der Waals surface area contributed by atoms with E-state index in [1.54, 1.807) is 11.3 Å². The molecule has 26 heavy (non-hydrogen) atoms. The number of thiazole rings is 1. The zero-order valence-electron chi connectivity index (χ0n) is 14.7. The fraction of sp³-hybridized carbons (Fsp3) is 0.381. The Kier molecular flexibility index (Phi) is 4.27. The molecule has 4 nitrogen and oxygen atoms in total. The maximum Gasteiger partial charge on any atom is 0.186 e. The van der Waals surface area contributed by atoms with Crippen LogP contribution in [-0.2, 0) is 0 Å². The van der Waals surface area contributed by atoms with Gasteiger partial charge in [0.15, 0.2) is 5.13 Å². The van der Waals surface area contributed by atoms with Gasteiger partial charge in [0.1, 0.15) is 11.9 Å². The number of hydrogen-bond acceptors (Lipinski definition) is 5. The van der Waals surface area contributed by atoms with E-state index >= 15 is 0 Å². The third-order valence-electron chi connectivity index (χ3n) is 5.39. The van der Waals surface area contributed by atoms with Crippen LogP contribution < -0.4 is 15.0 Å². The largest absolute Gasteiger partial charge is 0.487 e. The average molecular weight is 366 g/mol. The lowest BCUT2D eigenvalue weighted by atomic mass is 9.90. The highest BCUT2D eigenvalue weighted by Gasteiger charge is 2.30. The van der Waals surface area contributed by atoms with Crippen molar-refractivity contribution in [1.29, 1.82) is 0 Å². The predicted molar refractivity (Wildman–Crippen MR) is 108 cm³/mol. The minimum absolute atomic E-state index is 0.256. The summed E-state index contributed by atoms with van der Waals surface area (Å²) < 4.78 is 7.39. The third-order valence-corrected chi connectivity index (χ3v) is 6.49. The van der Waals surface area contributed by atoms with Crippen LogP contribution in [0, 0.1) is 0 Å². The van der Waals surface area contributed by atoms with Gasteiger partial charge in [-0.15, -0.1) is 0 Å². The van der Waals surface area contributed by atoms with Gasteiger partial charge in [0.2, 0.25) is 0 Å². The molecule has 0 radical (unpaired) electrons. The van der Waals surface area contributed by atoms with Crippen LogP contribution in [0.25, 0.3) is 10.2 Å². The van der Waals surface area contributed by atoms with Crippen molar-refractivity contribution in [2.45, 2.75) is 24.9 Å². The zero-order valence-corrected chi connectivity index (χ0v) is 15.5. The Labute approximate surface area is 157 Å². The van der Waals surface area contributed by atoms with Crippen LogP contribution in [0.5, 0.6) is 5.75 Å². The van der Waals surface area contributed by atoms with Gasteiger partial charge < -0.3 is 15.0 Å². The Balaban J connectivity index is 1.18. The smallest absolute Gasteiger partial charge is 0.186 e. The van der Waals surface area contributed by atoms with Crippen molar-refractivity contribution in [2.24, 2.45) is 0 Å². The monoisotopic (exact) mass is 365 g/mol. The Morgan fingerprint density at radius 3 is 2.54 bits per heavy atom. The first kappa shape index (κ1) is 16.1. The molecule has 2 fully saturated rings. The van der Waals surface area contributed by atoms with E-state index in [1.807, 2.05) is 6.07 Å². The number of ether oxygens (including phenoxy) is 1. The second-order valence-corrected chi connectivity index (χ2v) is 8.21. The lowest BCUT2D eigenvalue weighted by molar-refractivity contribution is 0.167. The second kappa shape index (κ2) is 6.89. The summed E-state index contributed by atoms with van der Waals surface area (Å²) in [4.78, 5) is 7.03. The van der Waals surface area contributed by atoms with Gasteiger partial charge in [0.25, 0.3) is 0 Å². The van der Waals surface area contributed by atoms with Crippen LogP contribution in [0.4, 0.5) is 5.13 Å². The van der Waals surface area contributed by atoms with Gasteiger partial charge in [0.05, 0.1) is 23.3 Å². The van der Waals surface area contributed by atoms with E-state index in [1.165, 1.54) is 23.1 Å². The molecular formula is C21H23N3OS.